The summed E-state index contributed by atoms with van der Waals surface area (Å²) in [6.07, 6.45) is 4.18. The Morgan fingerprint density at radius 2 is 1.76 bits per heavy atom. The zero-order valence-corrected chi connectivity index (χ0v) is 21.5. The minimum atomic E-state index is -0.697. The maximum atomic E-state index is 13.5. The number of ether oxygens (including phenoxy) is 1. The van der Waals surface area contributed by atoms with Gasteiger partial charge in [-0.05, 0) is 81.0 Å². The molecule has 9 nitrogen and oxygen atoms in total. The van der Waals surface area contributed by atoms with Crippen molar-refractivity contribution in [1.29, 1.82) is 0 Å². The quantitative estimate of drug-likeness (QED) is 0.464. The fourth-order valence-electron chi connectivity index (χ4n) is 4.62. The molecule has 2 saturated heterocycles. The molecule has 2 aromatic rings. The molecule has 0 bridgehead atoms. The van der Waals surface area contributed by atoms with Crippen molar-refractivity contribution in [2.45, 2.75) is 45.1 Å². The number of guanidine groups is 1. The number of benzene rings is 2. The second-order valence-electron chi connectivity index (χ2n) is 9.51. The van der Waals surface area contributed by atoms with Gasteiger partial charge in [0, 0.05) is 30.9 Å². The Morgan fingerprint density at radius 3 is 2.46 bits per heavy atom. The molecule has 2 aromatic carbocycles. The van der Waals surface area contributed by atoms with Gasteiger partial charge in [0.25, 0.3) is 5.91 Å². The molecule has 3 amide bonds. The van der Waals surface area contributed by atoms with E-state index in [0.717, 1.165) is 50.0 Å². The molecule has 0 spiro atoms. The van der Waals surface area contributed by atoms with Gasteiger partial charge < -0.3 is 19.9 Å². The van der Waals surface area contributed by atoms with Crippen LogP contribution in [0.25, 0.3) is 0 Å². The molecule has 0 saturated carbocycles. The zero-order valence-electron chi connectivity index (χ0n) is 21.5. The number of methoxy groups -OCH3 is 1. The predicted molar refractivity (Wildman–Crippen MR) is 143 cm³/mol. The van der Waals surface area contributed by atoms with Crippen molar-refractivity contribution < 1.29 is 19.1 Å². The largest absolute Gasteiger partial charge is 0.497 e. The molecule has 0 aromatic heterocycles. The van der Waals surface area contributed by atoms with Crippen LogP contribution in [-0.2, 0) is 9.59 Å². The molecular weight excluding hydrogens is 470 g/mol. The number of hydrogen-bond acceptors (Lipinski definition) is 5. The SMILES string of the molecule is COc1ccc(C(=O)NC(=N[C@H]2CCCCN(CC(=O)N3CCCC3)C2=O)Nc2cccc(C)c2)cc1. The van der Waals surface area contributed by atoms with E-state index in [2.05, 4.69) is 15.6 Å². The molecule has 9 heteroatoms. The van der Waals surface area contributed by atoms with Crippen molar-refractivity contribution in [2.75, 3.05) is 38.6 Å². The molecule has 2 heterocycles. The Kier molecular flexibility index (Phi) is 8.77. The van der Waals surface area contributed by atoms with Crippen LogP contribution in [0.2, 0.25) is 0 Å². The number of nitrogens with zero attached hydrogens (tertiary/aromatic N) is 3. The highest BCUT2D eigenvalue weighted by molar-refractivity contribution is 6.10. The second kappa shape index (κ2) is 12.4. The van der Waals surface area contributed by atoms with Crippen molar-refractivity contribution in [3.8, 4) is 5.75 Å². The van der Waals surface area contributed by atoms with E-state index in [4.69, 9.17) is 4.74 Å². The Morgan fingerprint density at radius 1 is 1.03 bits per heavy atom. The number of likely N-dealkylation sites (tertiary alicyclic amines) is 2. The summed E-state index contributed by atoms with van der Waals surface area (Å²) in [4.78, 5) is 47.4. The number of hydrogen-bond donors (Lipinski definition) is 2. The van der Waals surface area contributed by atoms with Crippen LogP contribution in [-0.4, -0.2) is 72.8 Å². The molecule has 2 aliphatic rings. The van der Waals surface area contributed by atoms with E-state index in [1.165, 1.54) is 0 Å². The Bertz CT molecular complexity index is 1140. The average Bonchev–Trinajstić information content (AvgIpc) is 3.39. The van der Waals surface area contributed by atoms with Crippen molar-refractivity contribution in [1.82, 2.24) is 15.1 Å². The molecule has 2 N–H and O–H groups in total. The van der Waals surface area contributed by atoms with Crippen LogP contribution in [0.3, 0.4) is 0 Å². The monoisotopic (exact) mass is 505 g/mol. The lowest BCUT2D eigenvalue weighted by molar-refractivity contribution is -0.140. The lowest BCUT2D eigenvalue weighted by Crippen LogP contribution is -2.45. The summed E-state index contributed by atoms with van der Waals surface area (Å²) in [5, 5.41) is 6.02. The van der Waals surface area contributed by atoms with Gasteiger partial charge in [-0.25, -0.2) is 4.99 Å². The average molecular weight is 506 g/mol. The molecule has 2 fully saturated rings. The van der Waals surface area contributed by atoms with Crippen LogP contribution in [0.15, 0.2) is 53.5 Å². The molecule has 2 aliphatic heterocycles. The third-order valence-corrected chi connectivity index (χ3v) is 6.69. The van der Waals surface area contributed by atoms with Gasteiger partial charge in [0.05, 0.1) is 13.7 Å². The summed E-state index contributed by atoms with van der Waals surface area (Å²) in [6, 6.07) is 13.8. The number of aryl methyl sites for hydroxylation is 1. The maximum Gasteiger partial charge on any atom is 0.257 e. The van der Waals surface area contributed by atoms with E-state index in [0.29, 0.717) is 24.3 Å². The van der Waals surface area contributed by atoms with E-state index >= 15 is 0 Å². The van der Waals surface area contributed by atoms with E-state index in [1.807, 2.05) is 36.1 Å². The molecule has 4 rings (SSSR count). The number of carbonyl (C=O) groups excluding carboxylic acids is 3. The summed E-state index contributed by atoms with van der Waals surface area (Å²) < 4.78 is 5.18. The maximum absolute atomic E-state index is 13.5. The summed E-state index contributed by atoms with van der Waals surface area (Å²) in [5.74, 6) is 0.283. The van der Waals surface area contributed by atoms with Crippen LogP contribution < -0.4 is 15.4 Å². The van der Waals surface area contributed by atoms with Gasteiger partial charge in [-0.15, -0.1) is 0 Å². The van der Waals surface area contributed by atoms with Gasteiger partial charge in [0.2, 0.25) is 17.8 Å². The highest BCUT2D eigenvalue weighted by atomic mass is 16.5. The van der Waals surface area contributed by atoms with E-state index < -0.39 is 6.04 Å². The third kappa shape index (κ3) is 7.09. The number of amides is 3. The first-order chi connectivity index (χ1) is 17.9. The van der Waals surface area contributed by atoms with Crippen molar-refractivity contribution in [3.05, 3.63) is 59.7 Å². The van der Waals surface area contributed by atoms with Crippen molar-refractivity contribution >= 4 is 29.4 Å². The van der Waals surface area contributed by atoms with E-state index in [-0.39, 0.29) is 30.2 Å². The smallest absolute Gasteiger partial charge is 0.257 e. The standard InChI is InChI=1S/C28H35N5O4/c1-20-8-7-9-22(18-20)29-28(31-26(35)21-11-13-23(37-2)14-12-21)30-24-10-3-4-17-33(27(24)36)19-25(34)32-15-5-6-16-32/h7-9,11-14,18,24H,3-6,10,15-17,19H2,1-2H3,(H2,29,30,31,35)/t24-/m0/s1. The van der Waals surface area contributed by atoms with Crippen molar-refractivity contribution in [3.63, 3.8) is 0 Å². The van der Waals surface area contributed by atoms with Crippen LogP contribution in [0.5, 0.6) is 5.75 Å². The minimum Gasteiger partial charge on any atom is -0.497 e. The Balaban J connectivity index is 1.55. The summed E-state index contributed by atoms with van der Waals surface area (Å²) in [7, 11) is 1.57. The number of rotatable bonds is 6. The lowest BCUT2D eigenvalue weighted by Gasteiger charge is -2.25. The fourth-order valence-corrected chi connectivity index (χ4v) is 4.62. The molecule has 0 radical (unpaired) electrons. The molecule has 1 atom stereocenters. The number of aliphatic imine (C=N–C) groups is 1. The Hall–Kier alpha value is -3.88. The van der Waals surface area contributed by atoms with Gasteiger partial charge in [-0.1, -0.05) is 12.1 Å². The first kappa shape index (κ1) is 26.2. The highest BCUT2D eigenvalue weighted by Gasteiger charge is 2.30. The zero-order chi connectivity index (χ0) is 26.2. The van der Waals surface area contributed by atoms with Crippen molar-refractivity contribution in [2.24, 2.45) is 4.99 Å². The molecule has 0 unspecified atom stereocenters. The van der Waals surface area contributed by atoms with Gasteiger partial charge in [-0.3, -0.25) is 19.7 Å². The first-order valence-electron chi connectivity index (χ1n) is 12.9. The highest BCUT2D eigenvalue weighted by Crippen LogP contribution is 2.18. The number of nitrogens with one attached hydrogen (secondary N) is 2. The third-order valence-electron chi connectivity index (χ3n) is 6.69. The number of anilines is 1. The van der Waals surface area contributed by atoms with Gasteiger partial charge in [0.1, 0.15) is 11.8 Å². The Labute approximate surface area is 217 Å². The minimum absolute atomic E-state index is 0.0126. The molecular formula is C28H35N5O4. The van der Waals surface area contributed by atoms with Gasteiger partial charge >= 0.3 is 0 Å². The normalized spacial score (nSPS) is 18.4. The fraction of sp³-hybridized carbons (Fsp3) is 0.429. The van der Waals surface area contributed by atoms with Crippen LogP contribution in [0.1, 0.15) is 48.0 Å². The van der Waals surface area contributed by atoms with E-state index in [9.17, 15) is 14.4 Å². The first-order valence-corrected chi connectivity index (χ1v) is 12.9. The van der Waals surface area contributed by atoms with E-state index in [1.54, 1.807) is 36.3 Å². The van der Waals surface area contributed by atoms with Crippen LogP contribution >= 0.6 is 0 Å². The van der Waals surface area contributed by atoms with Crippen LogP contribution in [0.4, 0.5) is 5.69 Å². The lowest BCUT2D eigenvalue weighted by atomic mass is 10.1. The number of carbonyl (C=O) groups is 3. The van der Waals surface area contributed by atoms with Gasteiger partial charge in [0.15, 0.2) is 0 Å². The molecule has 0 aliphatic carbocycles. The van der Waals surface area contributed by atoms with Crippen LogP contribution in [0, 0.1) is 6.92 Å². The predicted octanol–water partition coefficient (Wildman–Crippen LogP) is 3.21. The molecule has 196 valence electrons. The summed E-state index contributed by atoms with van der Waals surface area (Å²) in [5.41, 5.74) is 2.23. The van der Waals surface area contributed by atoms with Gasteiger partial charge in [-0.2, -0.15) is 0 Å². The second-order valence-corrected chi connectivity index (χ2v) is 9.51. The summed E-state index contributed by atoms with van der Waals surface area (Å²) in [6.45, 7) is 4.09. The topological polar surface area (TPSA) is 103 Å². The molecule has 37 heavy (non-hydrogen) atoms. The summed E-state index contributed by atoms with van der Waals surface area (Å²) >= 11 is 0.